The number of rotatable bonds is 5. The van der Waals surface area contributed by atoms with Gasteiger partial charge in [-0.15, -0.1) is 10.2 Å². The molecule has 0 aliphatic heterocycles. The maximum absolute atomic E-state index is 4.61. The van der Waals surface area contributed by atoms with E-state index < -0.39 is 0 Å². The smallest absolute Gasteiger partial charge is 0.200 e. The van der Waals surface area contributed by atoms with Gasteiger partial charge in [0.1, 0.15) is 6.33 Å². The van der Waals surface area contributed by atoms with Crippen LogP contribution >= 0.6 is 0 Å². The third kappa shape index (κ3) is 2.63. The Kier molecular flexibility index (Phi) is 3.22. The van der Waals surface area contributed by atoms with Crippen molar-refractivity contribution in [2.75, 3.05) is 5.32 Å². The van der Waals surface area contributed by atoms with Gasteiger partial charge in [-0.2, -0.15) is 14.7 Å². The van der Waals surface area contributed by atoms with Crippen LogP contribution in [0.5, 0.6) is 0 Å². The van der Waals surface area contributed by atoms with Crippen molar-refractivity contribution >= 4 is 11.3 Å². The van der Waals surface area contributed by atoms with Gasteiger partial charge in [0.15, 0.2) is 0 Å². The van der Waals surface area contributed by atoms with Gasteiger partial charge in [-0.05, 0) is 36.6 Å². The molecular weight excluding hydrogens is 314 g/mol. The highest BCUT2D eigenvalue weighted by atomic mass is 15.3. The number of para-hydroxylation sites is 1. The summed E-state index contributed by atoms with van der Waals surface area (Å²) in [4.78, 5) is 0. The second-order valence-corrected chi connectivity index (χ2v) is 6.29. The second kappa shape index (κ2) is 5.70. The number of benzene rings is 1. The third-order valence-electron chi connectivity index (χ3n) is 4.49. The van der Waals surface area contributed by atoms with Crippen molar-refractivity contribution in [2.45, 2.75) is 25.3 Å². The topological polar surface area (TPSA) is 72.9 Å². The summed E-state index contributed by atoms with van der Waals surface area (Å²) in [7, 11) is 0. The molecule has 0 saturated heterocycles. The van der Waals surface area contributed by atoms with Crippen molar-refractivity contribution in [3.8, 4) is 5.69 Å². The van der Waals surface area contributed by atoms with Crippen molar-refractivity contribution in [2.24, 2.45) is 0 Å². The molecule has 0 amide bonds. The van der Waals surface area contributed by atoms with Crippen LogP contribution in [0.1, 0.15) is 30.0 Å². The van der Waals surface area contributed by atoms with Crippen LogP contribution in [0.2, 0.25) is 0 Å². The molecule has 0 atom stereocenters. The van der Waals surface area contributed by atoms with E-state index in [9.17, 15) is 0 Å². The first-order valence-corrected chi connectivity index (χ1v) is 8.41. The van der Waals surface area contributed by atoms with Crippen LogP contribution in [-0.2, 0) is 6.54 Å². The van der Waals surface area contributed by atoms with Crippen LogP contribution < -0.4 is 5.32 Å². The highest BCUT2D eigenvalue weighted by Crippen LogP contribution is 2.39. The van der Waals surface area contributed by atoms with Gasteiger partial charge in [-0.25, -0.2) is 4.68 Å². The highest BCUT2D eigenvalue weighted by Gasteiger charge is 2.26. The number of aromatic nitrogens is 6. The van der Waals surface area contributed by atoms with E-state index in [0.717, 1.165) is 28.3 Å². The number of nitrogens with zero attached hydrogens (tertiary/aromatic N) is 6. The zero-order valence-corrected chi connectivity index (χ0v) is 13.6. The minimum atomic E-state index is 0.573. The van der Waals surface area contributed by atoms with E-state index >= 15 is 0 Å². The highest BCUT2D eigenvalue weighted by molar-refractivity contribution is 5.67. The Labute approximate surface area is 144 Å². The monoisotopic (exact) mass is 331 g/mol. The van der Waals surface area contributed by atoms with E-state index in [1.54, 1.807) is 17.0 Å². The Bertz CT molecular complexity index is 1020. The Morgan fingerprint density at radius 2 is 2.08 bits per heavy atom. The molecule has 25 heavy (non-hydrogen) atoms. The average Bonchev–Trinajstić information content (AvgIpc) is 3.16. The van der Waals surface area contributed by atoms with Crippen LogP contribution in [0, 0.1) is 0 Å². The lowest BCUT2D eigenvalue weighted by atomic mass is 10.1. The Balaban J connectivity index is 1.47. The number of hydrogen-bond acceptors (Lipinski definition) is 5. The lowest BCUT2D eigenvalue weighted by Gasteiger charge is -2.12. The molecule has 0 radical (unpaired) electrons. The molecule has 5 rings (SSSR count). The molecule has 1 aromatic carbocycles. The predicted octanol–water partition coefficient (Wildman–Crippen LogP) is 2.80. The summed E-state index contributed by atoms with van der Waals surface area (Å²) in [5.74, 6) is 0.573. The molecule has 0 spiro atoms. The van der Waals surface area contributed by atoms with E-state index in [-0.39, 0.29) is 0 Å². The molecule has 1 N–H and O–H groups in total. The van der Waals surface area contributed by atoms with Crippen LogP contribution in [0.15, 0.2) is 55.1 Å². The summed E-state index contributed by atoms with van der Waals surface area (Å²) >= 11 is 0. The first-order chi connectivity index (χ1) is 12.4. The van der Waals surface area contributed by atoms with Crippen molar-refractivity contribution in [1.82, 2.24) is 29.6 Å². The average molecular weight is 331 g/mol. The first kappa shape index (κ1) is 14.2. The van der Waals surface area contributed by atoms with Gasteiger partial charge >= 0.3 is 0 Å². The number of anilines is 1. The lowest BCUT2D eigenvalue weighted by Crippen LogP contribution is -2.08. The number of fused-ring (bicyclic) bond motifs is 1. The van der Waals surface area contributed by atoms with E-state index in [0.29, 0.717) is 12.5 Å². The molecule has 1 aliphatic carbocycles. The summed E-state index contributed by atoms with van der Waals surface area (Å²) < 4.78 is 3.64. The molecule has 1 fully saturated rings. The summed E-state index contributed by atoms with van der Waals surface area (Å²) in [5, 5.41) is 20.6. The fourth-order valence-corrected chi connectivity index (χ4v) is 3.04. The summed E-state index contributed by atoms with van der Waals surface area (Å²) in [6.07, 6.45) is 7.82. The Morgan fingerprint density at radius 3 is 2.92 bits per heavy atom. The summed E-state index contributed by atoms with van der Waals surface area (Å²) in [6.45, 7) is 0.673. The van der Waals surface area contributed by atoms with E-state index in [2.05, 4.69) is 43.9 Å². The zero-order valence-electron chi connectivity index (χ0n) is 13.6. The largest absolute Gasteiger partial charge is 0.378 e. The minimum absolute atomic E-state index is 0.573. The molecule has 3 heterocycles. The quantitative estimate of drug-likeness (QED) is 0.609. The summed E-state index contributed by atoms with van der Waals surface area (Å²) in [5.41, 5.74) is 5.04. The first-order valence-electron chi connectivity index (χ1n) is 8.41. The molecule has 3 aromatic heterocycles. The van der Waals surface area contributed by atoms with Gasteiger partial charge in [0.05, 0.1) is 17.1 Å². The molecule has 1 saturated carbocycles. The van der Waals surface area contributed by atoms with Crippen LogP contribution in [0.4, 0.5) is 5.69 Å². The van der Waals surface area contributed by atoms with Crippen molar-refractivity contribution in [3.63, 3.8) is 0 Å². The van der Waals surface area contributed by atoms with Gasteiger partial charge in [0, 0.05) is 24.9 Å². The van der Waals surface area contributed by atoms with Gasteiger partial charge in [0.2, 0.25) is 5.65 Å². The molecule has 1 aliphatic rings. The maximum atomic E-state index is 4.61. The minimum Gasteiger partial charge on any atom is -0.378 e. The fraction of sp³-hybridized carbons (Fsp3) is 0.222. The predicted molar refractivity (Wildman–Crippen MR) is 93.6 cm³/mol. The Morgan fingerprint density at radius 1 is 1.16 bits per heavy atom. The van der Waals surface area contributed by atoms with Crippen LogP contribution in [-0.4, -0.2) is 29.6 Å². The summed E-state index contributed by atoms with van der Waals surface area (Å²) in [6, 6.07) is 12.3. The van der Waals surface area contributed by atoms with Gasteiger partial charge in [0.25, 0.3) is 0 Å². The molecule has 7 nitrogen and oxygen atoms in total. The molecule has 124 valence electrons. The number of nitrogens with one attached hydrogen (secondary N) is 1. The maximum Gasteiger partial charge on any atom is 0.200 e. The molecular formula is C18H17N7. The van der Waals surface area contributed by atoms with E-state index in [1.165, 1.54) is 12.8 Å². The van der Waals surface area contributed by atoms with E-state index in [4.69, 9.17) is 0 Å². The standard InChI is InChI=1S/C18H17N7/c1-2-5-17(24-9-3-8-21-24)14(4-1)11-19-16-10-15(13-6-7-13)23-25-12-20-22-18(16)25/h1-5,8-10,12-13,19H,6-7,11H2. The van der Waals surface area contributed by atoms with Crippen molar-refractivity contribution < 1.29 is 0 Å². The van der Waals surface area contributed by atoms with E-state index in [1.807, 2.05) is 29.1 Å². The number of hydrogen-bond donors (Lipinski definition) is 1. The second-order valence-electron chi connectivity index (χ2n) is 6.29. The Hall–Kier alpha value is -3.22. The normalized spacial score (nSPS) is 14.1. The van der Waals surface area contributed by atoms with Gasteiger partial charge in [-0.3, -0.25) is 0 Å². The molecule has 7 heteroatoms. The lowest BCUT2D eigenvalue weighted by molar-refractivity contribution is 0.847. The van der Waals surface area contributed by atoms with Gasteiger partial charge < -0.3 is 5.32 Å². The molecule has 0 unspecified atom stereocenters. The zero-order chi connectivity index (χ0) is 16.6. The van der Waals surface area contributed by atoms with Gasteiger partial charge in [-0.1, -0.05) is 18.2 Å². The SMILES string of the molecule is c1ccc(-n2cccn2)c(CNc2cc(C3CC3)nn3cnnc23)c1. The molecule has 0 bridgehead atoms. The molecule has 4 aromatic rings. The van der Waals surface area contributed by atoms with Crippen molar-refractivity contribution in [1.29, 1.82) is 0 Å². The third-order valence-corrected chi connectivity index (χ3v) is 4.49. The fourth-order valence-electron chi connectivity index (χ4n) is 3.04. The van der Waals surface area contributed by atoms with Crippen LogP contribution in [0.3, 0.4) is 0 Å². The van der Waals surface area contributed by atoms with Crippen LogP contribution in [0.25, 0.3) is 11.3 Å². The van der Waals surface area contributed by atoms with Crippen molar-refractivity contribution in [3.05, 3.63) is 66.4 Å².